The Hall–Kier alpha value is -2.89. The van der Waals surface area contributed by atoms with Gasteiger partial charge in [0.15, 0.2) is 6.61 Å². The fourth-order valence-corrected chi connectivity index (χ4v) is 1.92. The number of carbonyl (C=O) groups is 1. The van der Waals surface area contributed by atoms with Crippen LogP contribution in [0.4, 0.5) is 5.69 Å². The number of carbonyl (C=O) groups excluding carboxylic acids is 1. The van der Waals surface area contributed by atoms with Crippen molar-refractivity contribution in [1.29, 1.82) is 0 Å². The van der Waals surface area contributed by atoms with E-state index in [2.05, 4.69) is 0 Å². The number of nitrogens with zero attached hydrogens (tertiary/aromatic N) is 1. The Labute approximate surface area is 127 Å². The molecule has 2 rings (SSSR count). The van der Waals surface area contributed by atoms with Crippen molar-refractivity contribution in [2.24, 2.45) is 0 Å². The van der Waals surface area contributed by atoms with Gasteiger partial charge in [0.2, 0.25) is 0 Å². The summed E-state index contributed by atoms with van der Waals surface area (Å²) in [6.07, 6.45) is 0. The number of hydrogen-bond donors (Lipinski definition) is 0. The van der Waals surface area contributed by atoms with Gasteiger partial charge in [-0.05, 0) is 31.5 Å². The van der Waals surface area contributed by atoms with Gasteiger partial charge in [-0.2, -0.15) is 0 Å². The Morgan fingerprint density at radius 2 is 1.95 bits per heavy atom. The van der Waals surface area contributed by atoms with Gasteiger partial charge in [0.1, 0.15) is 11.5 Å². The second kappa shape index (κ2) is 6.71. The fourth-order valence-electron chi connectivity index (χ4n) is 1.92. The number of aryl methyl sites for hydroxylation is 2. The second-order valence-electron chi connectivity index (χ2n) is 4.79. The molecule has 2 aromatic carbocycles. The van der Waals surface area contributed by atoms with Crippen molar-refractivity contribution >= 4 is 11.7 Å². The normalized spacial score (nSPS) is 10.1. The van der Waals surface area contributed by atoms with E-state index in [4.69, 9.17) is 9.47 Å². The first kappa shape index (κ1) is 15.5. The second-order valence-corrected chi connectivity index (χ2v) is 4.79. The third kappa shape index (κ3) is 4.05. The third-order valence-corrected chi connectivity index (χ3v) is 2.94. The molecule has 0 fully saturated rings. The van der Waals surface area contributed by atoms with Crippen molar-refractivity contribution in [3.05, 3.63) is 63.7 Å². The first-order valence-electron chi connectivity index (χ1n) is 6.61. The van der Waals surface area contributed by atoms with Crippen LogP contribution in [-0.2, 0) is 4.79 Å². The lowest BCUT2D eigenvalue weighted by Gasteiger charge is -2.09. The zero-order valence-corrected chi connectivity index (χ0v) is 12.2. The van der Waals surface area contributed by atoms with Crippen LogP contribution in [0.15, 0.2) is 42.5 Å². The van der Waals surface area contributed by atoms with Gasteiger partial charge in [-0.1, -0.05) is 23.8 Å². The van der Waals surface area contributed by atoms with Crippen LogP contribution in [0.3, 0.4) is 0 Å². The SMILES string of the molecule is Cc1ccc(OCC(=O)Oc2cccc([N+](=O)[O-])c2)c(C)c1. The zero-order chi connectivity index (χ0) is 16.1. The summed E-state index contributed by atoms with van der Waals surface area (Å²) in [5, 5.41) is 10.7. The van der Waals surface area contributed by atoms with Gasteiger partial charge < -0.3 is 9.47 Å². The molecule has 0 radical (unpaired) electrons. The summed E-state index contributed by atoms with van der Waals surface area (Å²) >= 11 is 0. The molecule has 0 N–H and O–H groups in total. The average molecular weight is 301 g/mol. The van der Waals surface area contributed by atoms with Crippen LogP contribution in [-0.4, -0.2) is 17.5 Å². The quantitative estimate of drug-likeness (QED) is 0.367. The Morgan fingerprint density at radius 1 is 1.18 bits per heavy atom. The molecule has 22 heavy (non-hydrogen) atoms. The molecule has 0 aliphatic carbocycles. The molecule has 6 heteroatoms. The number of rotatable bonds is 5. The Morgan fingerprint density at radius 3 is 2.64 bits per heavy atom. The number of esters is 1. The molecule has 0 aliphatic rings. The highest BCUT2D eigenvalue weighted by molar-refractivity contribution is 5.74. The molecule has 6 nitrogen and oxygen atoms in total. The Bertz CT molecular complexity index is 711. The van der Waals surface area contributed by atoms with Crippen LogP contribution >= 0.6 is 0 Å². The lowest BCUT2D eigenvalue weighted by molar-refractivity contribution is -0.384. The van der Waals surface area contributed by atoms with Gasteiger partial charge in [0.05, 0.1) is 11.0 Å². The van der Waals surface area contributed by atoms with Crippen LogP contribution < -0.4 is 9.47 Å². The molecule has 0 atom stereocenters. The highest BCUT2D eigenvalue weighted by atomic mass is 16.6. The van der Waals surface area contributed by atoms with E-state index in [-0.39, 0.29) is 18.0 Å². The minimum Gasteiger partial charge on any atom is -0.482 e. The predicted molar refractivity (Wildman–Crippen MR) is 80.1 cm³/mol. The minimum absolute atomic E-state index is 0.114. The van der Waals surface area contributed by atoms with Gasteiger partial charge in [-0.15, -0.1) is 0 Å². The van der Waals surface area contributed by atoms with E-state index in [1.54, 1.807) is 6.07 Å². The van der Waals surface area contributed by atoms with Crippen molar-refractivity contribution in [3.8, 4) is 11.5 Å². The van der Waals surface area contributed by atoms with Gasteiger partial charge in [0, 0.05) is 6.07 Å². The molecular weight excluding hydrogens is 286 g/mol. The van der Waals surface area contributed by atoms with Gasteiger partial charge in [-0.3, -0.25) is 10.1 Å². The maximum atomic E-state index is 11.7. The van der Waals surface area contributed by atoms with E-state index in [0.717, 1.165) is 11.1 Å². The highest BCUT2D eigenvalue weighted by Gasteiger charge is 2.11. The van der Waals surface area contributed by atoms with E-state index in [1.165, 1.54) is 24.3 Å². The molecule has 0 spiro atoms. The average Bonchev–Trinajstić information content (AvgIpc) is 2.46. The Kier molecular flexibility index (Phi) is 4.73. The van der Waals surface area contributed by atoms with Crippen molar-refractivity contribution in [3.63, 3.8) is 0 Å². The third-order valence-electron chi connectivity index (χ3n) is 2.94. The Balaban J connectivity index is 1.95. The molecular formula is C16H15NO5. The van der Waals surface area contributed by atoms with Gasteiger partial charge in [0.25, 0.3) is 5.69 Å². The molecule has 0 bridgehead atoms. The molecule has 0 amide bonds. The van der Waals surface area contributed by atoms with E-state index >= 15 is 0 Å². The maximum Gasteiger partial charge on any atom is 0.349 e. The van der Waals surface area contributed by atoms with Crippen LogP contribution in [0.1, 0.15) is 11.1 Å². The van der Waals surface area contributed by atoms with E-state index in [9.17, 15) is 14.9 Å². The van der Waals surface area contributed by atoms with Gasteiger partial charge >= 0.3 is 5.97 Å². The van der Waals surface area contributed by atoms with Crippen molar-refractivity contribution < 1.29 is 19.2 Å². The fraction of sp³-hybridized carbons (Fsp3) is 0.188. The standard InChI is InChI=1S/C16H15NO5/c1-11-6-7-15(12(2)8-11)21-10-16(18)22-14-5-3-4-13(9-14)17(19)20/h3-9H,10H2,1-2H3. The first-order valence-corrected chi connectivity index (χ1v) is 6.61. The molecule has 0 unspecified atom stereocenters. The number of nitro groups is 1. The lowest BCUT2D eigenvalue weighted by Crippen LogP contribution is -2.18. The zero-order valence-electron chi connectivity index (χ0n) is 12.2. The smallest absolute Gasteiger partial charge is 0.349 e. The lowest BCUT2D eigenvalue weighted by atomic mass is 10.1. The van der Waals surface area contributed by atoms with Gasteiger partial charge in [-0.25, -0.2) is 4.79 Å². The summed E-state index contributed by atoms with van der Waals surface area (Å²) in [5.74, 6) is 0.0884. The number of hydrogen-bond acceptors (Lipinski definition) is 5. The monoisotopic (exact) mass is 301 g/mol. The summed E-state index contributed by atoms with van der Waals surface area (Å²) in [6.45, 7) is 3.58. The van der Waals surface area contributed by atoms with E-state index in [0.29, 0.717) is 5.75 Å². The number of non-ortho nitro benzene ring substituents is 1. The molecule has 0 heterocycles. The number of ether oxygens (including phenoxy) is 2. The molecule has 0 saturated carbocycles. The van der Waals surface area contributed by atoms with E-state index in [1.807, 2.05) is 26.0 Å². The molecule has 2 aromatic rings. The topological polar surface area (TPSA) is 78.7 Å². The van der Waals surface area contributed by atoms with Crippen molar-refractivity contribution in [2.45, 2.75) is 13.8 Å². The van der Waals surface area contributed by atoms with E-state index < -0.39 is 10.9 Å². The summed E-state index contributed by atoms with van der Waals surface area (Å²) in [4.78, 5) is 21.8. The van der Waals surface area contributed by atoms with Crippen LogP contribution in [0.25, 0.3) is 0 Å². The van der Waals surface area contributed by atoms with Crippen LogP contribution in [0.2, 0.25) is 0 Å². The maximum absolute atomic E-state index is 11.7. The summed E-state index contributed by atoms with van der Waals surface area (Å²) in [5.41, 5.74) is 1.88. The predicted octanol–water partition coefficient (Wildman–Crippen LogP) is 3.20. The molecule has 0 aliphatic heterocycles. The summed E-state index contributed by atoms with van der Waals surface area (Å²) < 4.78 is 10.4. The summed E-state index contributed by atoms with van der Waals surface area (Å²) in [6, 6.07) is 11.0. The molecule has 0 aromatic heterocycles. The molecule has 0 saturated heterocycles. The van der Waals surface area contributed by atoms with Crippen LogP contribution in [0.5, 0.6) is 11.5 Å². The van der Waals surface area contributed by atoms with Crippen LogP contribution in [0, 0.1) is 24.0 Å². The van der Waals surface area contributed by atoms with Crippen molar-refractivity contribution in [2.75, 3.05) is 6.61 Å². The summed E-state index contributed by atoms with van der Waals surface area (Å²) in [7, 11) is 0. The van der Waals surface area contributed by atoms with Crippen molar-refractivity contribution in [1.82, 2.24) is 0 Å². The largest absolute Gasteiger partial charge is 0.482 e. The minimum atomic E-state index is -0.625. The molecule has 114 valence electrons. The highest BCUT2D eigenvalue weighted by Crippen LogP contribution is 2.20. The number of nitro benzene ring substituents is 1. The number of benzene rings is 2. The first-order chi connectivity index (χ1) is 10.5.